The summed E-state index contributed by atoms with van der Waals surface area (Å²) in [5.74, 6) is 0.775. The van der Waals surface area contributed by atoms with Gasteiger partial charge in [-0.2, -0.15) is 0 Å². The van der Waals surface area contributed by atoms with Gasteiger partial charge in [0.05, 0.1) is 6.61 Å². The summed E-state index contributed by atoms with van der Waals surface area (Å²) in [7, 11) is 0. The van der Waals surface area contributed by atoms with E-state index in [4.69, 9.17) is 17.0 Å². The van der Waals surface area contributed by atoms with Gasteiger partial charge in [0.1, 0.15) is 5.75 Å². The van der Waals surface area contributed by atoms with Crippen molar-refractivity contribution in [2.24, 2.45) is 5.41 Å². The number of hydrogen-bond donors (Lipinski definition) is 2. The molecule has 0 unspecified atom stereocenters. The lowest BCUT2D eigenvalue weighted by atomic mass is 9.87. The van der Waals surface area contributed by atoms with Crippen molar-refractivity contribution < 1.29 is 14.3 Å². The Morgan fingerprint density at radius 3 is 2.25 bits per heavy atom. The number of amides is 2. The van der Waals surface area contributed by atoms with Crippen molar-refractivity contribution in [2.45, 2.75) is 67.2 Å². The zero-order chi connectivity index (χ0) is 26.7. The third-order valence-corrected chi connectivity index (χ3v) is 6.26. The summed E-state index contributed by atoms with van der Waals surface area (Å²) < 4.78 is 5.92. The Morgan fingerprint density at radius 1 is 1.00 bits per heavy atom. The van der Waals surface area contributed by atoms with Crippen LogP contribution in [0.4, 0.5) is 5.69 Å². The molecule has 0 spiro atoms. The van der Waals surface area contributed by atoms with Gasteiger partial charge in [-0.15, -0.1) is 0 Å². The summed E-state index contributed by atoms with van der Waals surface area (Å²) in [6.07, 6.45) is 3.26. The van der Waals surface area contributed by atoms with Crippen molar-refractivity contribution in [1.82, 2.24) is 10.2 Å². The van der Waals surface area contributed by atoms with Crippen LogP contribution in [0.3, 0.4) is 0 Å². The molecule has 0 heterocycles. The first-order chi connectivity index (χ1) is 17.1. The molecule has 0 aromatic heterocycles. The molecule has 2 aromatic rings. The summed E-state index contributed by atoms with van der Waals surface area (Å²) in [6.45, 7) is 14.1. The Balaban J connectivity index is 1.83. The highest BCUT2D eigenvalue weighted by Crippen LogP contribution is 2.24. The molecule has 0 saturated heterocycles. The van der Waals surface area contributed by atoms with E-state index >= 15 is 0 Å². The number of rotatable bonds is 12. The van der Waals surface area contributed by atoms with Crippen molar-refractivity contribution in [2.75, 3.05) is 25.0 Å². The van der Waals surface area contributed by atoms with Crippen molar-refractivity contribution in [3.05, 3.63) is 59.2 Å². The maximum Gasteiger partial charge on any atom is 0.253 e. The molecule has 0 saturated carbocycles. The Labute approximate surface area is 221 Å². The highest BCUT2D eigenvalue weighted by Gasteiger charge is 2.28. The molecule has 0 fully saturated rings. The highest BCUT2D eigenvalue weighted by atomic mass is 32.1. The Bertz CT molecular complexity index is 1030. The Kier molecular flexibility index (Phi) is 11.4. The number of carbonyl (C=O) groups is 2. The van der Waals surface area contributed by atoms with Gasteiger partial charge in [0, 0.05) is 29.8 Å². The molecule has 0 bridgehead atoms. The highest BCUT2D eigenvalue weighted by molar-refractivity contribution is 7.80. The maximum absolute atomic E-state index is 12.8. The molecule has 2 amide bonds. The second kappa shape index (κ2) is 14.0. The van der Waals surface area contributed by atoms with Crippen molar-refractivity contribution in [3.63, 3.8) is 0 Å². The van der Waals surface area contributed by atoms with E-state index in [0.717, 1.165) is 49.2 Å². The van der Waals surface area contributed by atoms with E-state index < -0.39 is 5.41 Å². The first-order valence-corrected chi connectivity index (χ1v) is 13.2. The molecule has 7 heteroatoms. The van der Waals surface area contributed by atoms with Crippen molar-refractivity contribution in [3.8, 4) is 5.75 Å². The minimum Gasteiger partial charge on any atom is -0.493 e. The van der Waals surface area contributed by atoms with Crippen LogP contribution < -0.4 is 15.4 Å². The van der Waals surface area contributed by atoms with E-state index in [1.165, 1.54) is 0 Å². The van der Waals surface area contributed by atoms with Gasteiger partial charge in [-0.05, 0) is 93.2 Å². The first kappa shape index (κ1) is 29.3. The number of ether oxygens (including phenoxy) is 1. The van der Waals surface area contributed by atoms with Crippen LogP contribution >= 0.6 is 12.2 Å². The third-order valence-electron chi connectivity index (χ3n) is 6.05. The van der Waals surface area contributed by atoms with E-state index in [2.05, 4.69) is 36.6 Å². The maximum atomic E-state index is 12.8. The Morgan fingerprint density at radius 2 is 1.64 bits per heavy atom. The van der Waals surface area contributed by atoms with Gasteiger partial charge in [-0.1, -0.05) is 39.8 Å². The fourth-order valence-corrected chi connectivity index (χ4v) is 4.05. The summed E-state index contributed by atoms with van der Waals surface area (Å²) >= 11 is 5.36. The number of thiocarbonyl (C=S) groups is 1. The lowest BCUT2D eigenvalue weighted by Gasteiger charge is -2.24. The smallest absolute Gasteiger partial charge is 0.253 e. The number of benzene rings is 2. The van der Waals surface area contributed by atoms with Crippen LogP contribution in [-0.2, 0) is 4.79 Å². The molecule has 0 atom stereocenters. The van der Waals surface area contributed by atoms with Crippen molar-refractivity contribution >= 4 is 34.8 Å². The number of nitrogens with zero attached hydrogens (tertiary/aromatic N) is 1. The predicted octanol–water partition coefficient (Wildman–Crippen LogP) is 6.26. The van der Waals surface area contributed by atoms with Crippen LogP contribution in [0.15, 0.2) is 42.5 Å². The first-order valence-electron chi connectivity index (χ1n) is 12.8. The molecule has 0 radical (unpaired) electrons. The lowest BCUT2D eigenvalue weighted by Crippen LogP contribution is -2.42. The Hall–Kier alpha value is -2.93. The van der Waals surface area contributed by atoms with Gasteiger partial charge in [-0.25, -0.2) is 0 Å². The second-order valence-electron chi connectivity index (χ2n) is 9.88. The number of aryl methyl sites for hydroxylation is 2. The quantitative estimate of drug-likeness (QED) is 0.260. The van der Waals surface area contributed by atoms with E-state index in [-0.39, 0.29) is 16.9 Å². The summed E-state index contributed by atoms with van der Waals surface area (Å²) in [5.41, 5.74) is 3.02. The molecule has 2 aromatic carbocycles. The van der Waals surface area contributed by atoms with Crippen LogP contribution in [0.1, 0.15) is 74.9 Å². The van der Waals surface area contributed by atoms with Crippen LogP contribution in [0.25, 0.3) is 0 Å². The van der Waals surface area contributed by atoms with Gasteiger partial charge >= 0.3 is 0 Å². The molecule has 2 rings (SSSR count). The SMILES string of the molecule is CCCN(CCC)C(=O)c1ccc(NC(=S)NC(=O)C(C)(C)CCCOc2cc(C)ccc2C)cc1. The zero-order valence-corrected chi connectivity index (χ0v) is 23.4. The number of anilines is 1. The molecule has 36 heavy (non-hydrogen) atoms. The van der Waals surface area contributed by atoms with E-state index in [9.17, 15) is 9.59 Å². The average molecular weight is 512 g/mol. The van der Waals surface area contributed by atoms with Gasteiger partial charge in [0.2, 0.25) is 5.91 Å². The summed E-state index contributed by atoms with van der Waals surface area (Å²) in [6, 6.07) is 13.3. The fraction of sp³-hybridized carbons (Fsp3) is 0.483. The van der Waals surface area contributed by atoms with E-state index in [1.54, 1.807) is 24.3 Å². The number of carbonyl (C=O) groups excluding carboxylic acids is 2. The normalized spacial score (nSPS) is 11.1. The fourth-order valence-electron chi connectivity index (χ4n) is 3.84. The molecular formula is C29H41N3O3S. The molecule has 0 aliphatic carbocycles. The largest absolute Gasteiger partial charge is 0.493 e. The third kappa shape index (κ3) is 8.94. The van der Waals surface area contributed by atoms with E-state index in [0.29, 0.717) is 24.3 Å². The second-order valence-corrected chi connectivity index (χ2v) is 10.3. The van der Waals surface area contributed by atoms with Gasteiger partial charge in [0.15, 0.2) is 5.11 Å². The summed E-state index contributed by atoms with van der Waals surface area (Å²) in [5, 5.41) is 6.07. The van der Waals surface area contributed by atoms with Crippen LogP contribution in [-0.4, -0.2) is 41.5 Å². The lowest BCUT2D eigenvalue weighted by molar-refractivity contribution is -0.128. The minimum absolute atomic E-state index is 0.0319. The minimum atomic E-state index is -0.602. The predicted molar refractivity (Wildman–Crippen MR) is 152 cm³/mol. The molecule has 0 aliphatic heterocycles. The summed E-state index contributed by atoms with van der Waals surface area (Å²) in [4.78, 5) is 27.5. The molecular weight excluding hydrogens is 470 g/mol. The van der Waals surface area contributed by atoms with Crippen LogP contribution in [0, 0.1) is 19.3 Å². The van der Waals surface area contributed by atoms with Crippen LogP contribution in [0.5, 0.6) is 5.75 Å². The molecule has 196 valence electrons. The number of hydrogen-bond acceptors (Lipinski definition) is 4. The zero-order valence-electron chi connectivity index (χ0n) is 22.6. The van der Waals surface area contributed by atoms with Gasteiger partial charge in [0.25, 0.3) is 5.91 Å². The van der Waals surface area contributed by atoms with Crippen molar-refractivity contribution in [1.29, 1.82) is 0 Å². The standard InChI is InChI=1S/C29H41N3O3S/c1-7-17-32(18-8-2)26(33)23-12-14-24(15-13-23)30-28(36)31-27(34)29(5,6)16-9-19-35-25-20-21(3)10-11-22(25)4/h10-15,20H,7-9,16-19H2,1-6H3,(H2,30,31,34,36). The number of nitrogens with one attached hydrogen (secondary N) is 2. The average Bonchev–Trinajstić information content (AvgIpc) is 2.83. The van der Waals surface area contributed by atoms with Crippen LogP contribution in [0.2, 0.25) is 0 Å². The monoisotopic (exact) mass is 511 g/mol. The molecule has 2 N–H and O–H groups in total. The van der Waals surface area contributed by atoms with E-state index in [1.807, 2.05) is 38.7 Å². The molecule has 0 aliphatic rings. The van der Waals surface area contributed by atoms with Gasteiger partial charge < -0.3 is 20.3 Å². The molecule has 6 nitrogen and oxygen atoms in total. The topological polar surface area (TPSA) is 70.7 Å². The van der Waals surface area contributed by atoms with Gasteiger partial charge in [-0.3, -0.25) is 9.59 Å².